The molecule has 0 radical (unpaired) electrons. The number of anilines is 1. The van der Waals surface area contributed by atoms with Crippen LogP contribution >= 0.6 is 0 Å². The third-order valence-corrected chi connectivity index (χ3v) is 5.52. The van der Waals surface area contributed by atoms with E-state index in [4.69, 9.17) is 0 Å². The number of benzene rings is 1. The first kappa shape index (κ1) is 22.0. The fourth-order valence-corrected chi connectivity index (χ4v) is 3.81. The van der Waals surface area contributed by atoms with Crippen LogP contribution in [0.5, 0.6) is 0 Å². The molecule has 0 aliphatic carbocycles. The van der Waals surface area contributed by atoms with Crippen LogP contribution in [0.1, 0.15) is 32.6 Å². The van der Waals surface area contributed by atoms with Gasteiger partial charge in [-0.15, -0.1) is 0 Å². The third kappa shape index (κ3) is 5.00. The summed E-state index contributed by atoms with van der Waals surface area (Å²) < 4.78 is 41.1. The summed E-state index contributed by atoms with van der Waals surface area (Å²) in [6.07, 6.45) is -1.78. The first-order valence-electron chi connectivity index (χ1n) is 10.8. The van der Waals surface area contributed by atoms with Gasteiger partial charge in [0, 0.05) is 37.0 Å². The Balaban J connectivity index is 1.67. The quantitative estimate of drug-likeness (QED) is 0.570. The van der Waals surface area contributed by atoms with Gasteiger partial charge >= 0.3 is 6.18 Å². The van der Waals surface area contributed by atoms with Gasteiger partial charge in [0.1, 0.15) is 5.69 Å². The molecule has 0 bridgehead atoms. The van der Waals surface area contributed by atoms with Crippen LogP contribution in [0.4, 0.5) is 18.9 Å². The maximum atomic E-state index is 12.9. The lowest BCUT2D eigenvalue weighted by Gasteiger charge is -2.28. The summed E-state index contributed by atoms with van der Waals surface area (Å²) in [4.78, 5) is 18.7. The topological polar surface area (TPSA) is 68.8 Å². The molecule has 3 heterocycles. The molecule has 170 valence electrons. The molecule has 0 atom stereocenters. The Morgan fingerprint density at radius 2 is 1.66 bits per heavy atom. The molecule has 1 aromatic carbocycles. The van der Waals surface area contributed by atoms with E-state index in [2.05, 4.69) is 20.1 Å². The number of rotatable bonds is 6. The summed E-state index contributed by atoms with van der Waals surface area (Å²) in [5.74, 6) is 0.523. The molecule has 3 aromatic rings. The molecule has 7 nitrogen and oxygen atoms in total. The van der Waals surface area contributed by atoms with Crippen LogP contribution in [-0.2, 0) is 13.1 Å². The van der Waals surface area contributed by atoms with Crippen molar-refractivity contribution < 1.29 is 13.2 Å². The summed E-state index contributed by atoms with van der Waals surface area (Å²) in [6.45, 7) is 3.76. The van der Waals surface area contributed by atoms with Crippen LogP contribution in [0.2, 0.25) is 0 Å². The van der Waals surface area contributed by atoms with Gasteiger partial charge in [-0.1, -0.05) is 0 Å². The Hall–Kier alpha value is -3.17. The summed E-state index contributed by atoms with van der Waals surface area (Å²) >= 11 is 0. The van der Waals surface area contributed by atoms with Crippen LogP contribution < -0.4 is 10.5 Å². The van der Waals surface area contributed by atoms with Gasteiger partial charge in [0.25, 0.3) is 5.56 Å². The van der Waals surface area contributed by atoms with Gasteiger partial charge in [0.2, 0.25) is 0 Å². The van der Waals surface area contributed by atoms with E-state index in [0.717, 1.165) is 18.8 Å². The minimum absolute atomic E-state index is 0.201. The lowest BCUT2D eigenvalue weighted by atomic mass is 10.1. The maximum Gasteiger partial charge on any atom is 0.390 e. The number of hydrogen-bond donors (Lipinski definition) is 0. The Labute approximate surface area is 183 Å². The highest BCUT2D eigenvalue weighted by molar-refractivity contribution is 5.63. The van der Waals surface area contributed by atoms with Crippen LogP contribution in [0.3, 0.4) is 0 Å². The van der Waals surface area contributed by atoms with Crippen LogP contribution in [-0.4, -0.2) is 43.8 Å². The van der Waals surface area contributed by atoms with Crippen molar-refractivity contribution in [2.24, 2.45) is 0 Å². The Kier molecular flexibility index (Phi) is 6.29. The van der Waals surface area contributed by atoms with E-state index in [1.807, 2.05) is 24.3 Å². The highest BCUT2D eigenvalue weighted by Gasteiger charge is 2.28. The maximum absolute atomic E-state index is 12.9. The van der Waals surface area contributed by atoms with Crippen molar-refractivity contribution in [2.75, 3.05) is 18.0 Å². The average molecular weight is 446 g/mol. The van der Waals surface area contributed by atoms with Gasteiger partial charge < -0.3 is 4.90 Å². The predicted octanol–water partition coefficient (Wildman–Crippen LogP) is 4.13. The van der Waals surface area contributed by atoms with Gasteiger partial charge in [0.05, 0.1) is 13.0 Å². The van der Waals surface area contributed by atoms with Crippen LogP contribution in [0.25, 0.3) is 22.9 Å². The van der Waals surface area contributed by atoms with E-state index in [0.29, 0.717) is 23.6 Å². The van der Waals surface area contributed by atoms with Gasteiger partial charge in [0.15, 0.2) is 11.6 Å². The van der Waals surface area contributed by atoms with E-state index >= 15 is 0 Å². The monoisotopic (exact) mass is 446 g/mol. The largest absolute Gasteiger partial charge is 0.390 e. The van der Waals surface area contributed by atoms with Gasteiger partial charge in [-0.3, -0.25) is 4.79 Å². The van der Waals surface area contributed by atoms with E-state index in [9.17, 15) is 18.0 Å². The van der Waals surface area contributed by atoms with E-state index in [1.165, 1.54) is 40.8 Å². The number of hydrogen-bond acceptors (Lipinski definition) is 5. The molecule has 0 saturated carbocycles. The number of aromatic nitrogens is 5. The van der Waals surface area contributed by atoms with Crippen molar-refractivity contribution in [3.05, 3.63) is 46.8 Å². The average Bonchev–Trinajstić information content (AvgIpc) is 3.23. The van der Waals surface area contributed by atoms with Crippen molar-refractivity contribution in [1.29, 1.82) is 0 Å². The van der Waals surface area contributed by atoms with Crippen molar-refractivity contribution in [2.45, 2.75) is 51.9 Å². The van der Waals surface area contributed by atoms with Gasteiger partial charge in [-0.05, 0) is 56.5 Å². The van der Waals surface area contributed by atoms with Gasteiger partial charge in [-0.25, -0.2) is 14.3 Å². The molecule has 0 spiro atoms. The molecule has 32 heavy (non-hydrogen) atoms. The number of halogens is 3. The minimum atomic E-state index is -4.32. The fraction of sp³-hybridized carbons (Fsp3) is 0.455. The number of aryl methyl sites for hydroxylation is 2. The second-order valence-electron chi connectivity index (χ2n) is 7.81. The highest BCUT2D eigenvalue weighted by Crippen LogP contribution is 2.27. The lowest BCUT2D eigenvalue weighted by Crippen LogP contribution is -2.29. The predicted molar refractivity (Wildman–Crippen MR) is 115 cm³/mol. The number of alkyl halides is 3. The van der Waals surface area contributed by atoms with Crippen molar-refractivity contribution in [3.63, 3.8) is 0 Å². The van der Waals surface area contributed by atoms with E-state index in [-0.39, 0.29) is 17.9 Å². The first-order valence-corrected chi connectivity index (χ1v) is 10.8. The molecule has 10 heteroatoms. The SMILES string of the molecule is CCn1nc(-c2nc(-c3ccc(N4CCCCC4)cc3)nn2CCC(F)(F)F)ccc1=O. The van der Waals surface area contributed by atoms with E-state index in [1.54, 1.807) is 6.92 Å². The molecule has 0 unspecified atom stereocenters. The van der Waals surface area contributed by atoms with E-state index < -0.39 is 12.6 Å². The third-order valence-electron chi connectivity index (χ3n) is 5.52. The molecule has 1 saturated heterocycles. The molecule has 0 N–H and O–H groups in total. The second-order valence-corrected chi connectivity index (χ2v) is 7.81. The summed E-state index contributed by atoms with van der Waals surface area (Å²) in [5, 5.41) is 8.59. The summed E-state index contributed by atoms with van der Waals surface area (Å²) in [6, 6.07) is 10.6. The molecule has 0 amide bonds. The fourth-order valence-electron chi connectivity index (χ4n) is 3.81. The minimum Gasteiger partial charge on any atom is -0.372 e. The first-order chi connectivity index (χ1) is 15.3. The van der Waals surface area contributed by atoms with Crippen molar-refractivity contribution in [3.8, 4) is 22.9 Å². The van der Waals surface area contributed by atoms with Crippen LogP contribution in [0.15, 0.2) is 41.2 Å². The number of piperidine rings is 1. The standard InChI is InChI=1S/C22H25F3N6O/c1-2-30-19(32)11-10-18(27-30)21-26-20(28-31(21)15-12-22(23,24)25)16-6-8-17(9-7-16)29-13-4-3-5-14-29/h6-11H,2-5,12-15H2,1H3. The second kappa shape index (κ2) is 9.13. The summed E-state index contributed by atoms with van der Waals surface area (Å²) in [7, 11) is 0. The zero-order chi connectivity index (χ0) is 22.7. The lowest BCUT2D eigenvalue weighted by molar-refractivity contribution is -0.137. The molecular weight excluding hydrogens is 421 g/mol. The number of nitrogens with zero attached hydrogens (tertiary/aromatic N) is 6. The zero-order valence-electron chi connectivity index (χ0n) is 17.8. The smallest absolute Gasteiger partial charge is 0.372 e. The molecule has 2 aromatic heterocycles. The van der Waals surface area contributed by atoms with Crippen molar-refractivity contribution in [1.82, 2.24) is 24.5 Å². The molecule has 1 fully saturated rings. The Morgan fingerprint density at radius 3 is 2.31 bits per heavy atom. The summed E-state index contributed by atoms with van der Waals surface area (Å²) in [5.41, 5.74) is 1.84. The normalized spacial score (nSPS) is 14.7. The molecule has 1 aliphatic rings. The Morgan fingerprint density at radius 1 is 0.938 bits per heavy atom. The molecule has 1 aliphatic heterocycles. The van der Waals surface area contributed by atoms with Crippen molar-refractivity contribution >= 4 is 5.69 Å². The Bertz CT molecular complexity index is 1110. The molecular formula is C22H25F3N6O. The zero-order valence-corrected chi connectivity index (χ0v) is 17.8. The van der Waals surface area contributed by atoms with Gasteiger partial charge in [-0.2, -0.15) is 23.4 Å². The highest BCUT2D eigenvalue weighted by atomic mass is 19.4. The molecule has 4 rings (SSSR count). The van der Waals surface area contributed by atoms with Crippen LogP contribution in [0, 0.1) is 0 Å².